The van der Waals surface area contributed by atoms with Crippen LogP contribution in [0.2, 0.25) is 0 Å². The minimum Gasteiger partial charge on any atom is -0.369 e. The molecule has 0 saturated heterocycles. The van der Waals surface area contributed by atoms with Crippen LogP contribution in [0.3, 0.4) is 0 Å². The van der Waals surface area contributed by atoms with E-state index in [1.807, 2.05) is 18.5 Å². The molecule has 0 aliphatic rings. The van der Waals surface area contributed by atoms with Gasteiger partial charge in [0.1, 0.15) is 7.05 Å². The molecule has 0 bridgehead atoms. The Balaban J connectivity index is 1.63. The highest BCUT2D eigenvalue weighted by Gasteiger charge is 2.18. The second-order valence-electron chi connectivity index (χ2n) is 7.90. The Kier molecular flexibility index (Phi) is 6.76. The van der Waals surface area contributed by atoms with Gasteiger partial charge in [0, 0.05) is 35.7 Å². The highest BCUT2D eigenvalue weighted by atomic mass is 16.1. The van der Waals surface area contributed by atoms with E-state index >= 15 is 0 Å². The van der Waals surface area contributed by atoms with Crippen LogP contribution in [-0.2, 0) is 18.4 Å². The van der Waals surface area contributed by atoms with Crippen molar-refractivity contribution in [2.75, 3.05) is 0 Å². The summed E-state index contributed by atoms with van der Waals surface area (Å²) in [6.07, 6.45) is 9.97. The number of carbonyl (C=O) groups is 1. The van der Waals surface area contributed by atoms with Gasteiger partial charge in [-0.15, -0.1) is 0 Å². The lowest BCUT2D eigenvalue weighted by molar-refractivity contribution is -0.688. The summed E-state index contributed by atoms with van der Waals surface area (Å²) < 4.78 is 4.22. The van der Waals surface area contributed by atoms with Crippen LogP contribution in [0.1, 0.15) is 43.7 Å². The van der Waals surface area contributed by atoms with Crippen molar-refractivity contribution in [2.45, 2.75) is 39.2 Å². The van der Waals surface area contributed by atoms with Gasteiger partial charge in [-0.2, -0.15) is 0 Å². The monoisotopic (exact) mass is 389 g/mol. The van der Waals surface area contributed by atoms with Gasteiger partial charge in [-0.3, -0.25) is 4.79 Å². The van der Waals surface area contributed by atoms with Gasteiger partial charge >= 0.3 is 0 Å². The van der Waals surface area contributed by atoms with Gasteiger partial charge in [-0.1, -0.05) is 38.1 Å². The molecule has 0 aliphatic carbocycles. The highest BCUT2D eigenvalue weighted by Crippen LogP contribution is 2.25. The molecule has 2 aromatic heterocycles. The molecule has 4 heteroatoms. The lowest BCUT2D eigenvalue weighted by atomic mass is 9.88. The second-order valence-corrected chi connectivity index (χ2v) is 7.90. The smallest absolute Gasteiger partial charge is 0.220 e. The SMILES string of the molecule is CCC(CC(C)c1ccc(C[n+]2ccc(-c3cc[n+](C)cc3)cc2)cc1)C(N)=O. The fraction of sp³-hybridized carbons (Fsp3) is 0.320. The third-order valence-corrected chi connectivity index (χ3v) is 5.65. The molecule has 1 amide bonds. The lowest BCUT2D eigenvalue weighted by Crippen LogP contribution is -2.33. The molecule has 2 heterocycles. The van der Waals surface area contributed by atoms with Crippen LogP contribution in [0.25, 0.3) is 11.1 Å². The maximum absolute atomic E-state index is 11.5. The highest BCUT2D eigenvalue weighted by molar-refractivity contribution is 5.76. The number of amides is 1. The summed E-state index contributed by atoms with van der Waals surface area (Å²) in [5.41, 5.74) is 10.4. The number of benzene rings is 1. The third kappa shape index (κ3) is 5.50. The van der Waals surface area contributed by atoms with E-state index in [1.165, 1.54) is 22.3 Å². The maximum atomic E-state index is 11.5. The number of rotatable bonds is 8. The van der Waals surface area contributed by atoms with E-state index < -0.39 is 0 Å². The van der Waals surface area contributed by atoms with E-state index in [1.54, 1.807) is 0 Å². The number of nitrogens with two attached hydrogens (primary N) is 1. The fourth-order valence-electron chi connectivity index (χ4n) is 3.66. The molecule has 29 heavy (non-hydrogen) atoms. The van der Waals surface area contributed by atoms with Crippen molar-refractivity contribution in [2.24, 2.45) is 18.7 Å². The number of primary amides is 1. The van der Waals surface area contributed by atoms with Crippen LogP contribution in [-0.4, -0.2) is 5.91 Å². The zero-order valence-electron chi connectivity index (χ0n) is 17.6. The molecule has 0 spiro atoms. The Hall–Kier alpha value is -3.01. The number of pyridine rings is 2. The van der Waals surface area contributed by atoms with Crippen LogP contribution < -0.4 is 14.9 Å². The lowest BCUT2D eigenvalue weighted by Gasteiger charge is -2.17. The van der Waals surface area contributed by atoms with Gasteiger partial charge in [0.25, 0.3) is 0 Å². The van der Waals surface area contributed by atoms with Gasteiger partial charge < -0.3 is 5.73 Å². The van der Waals surface area contributed by atoms with Crippen molar-refractivity contribution in [3.63, 3.8) is 0 Å². The molecule has 150 valence electrons. The predicted octanol–water partition coefficient (Wildman–Crippen LogP) is 3.52. The number of hydrogen-bond acceptors (Lipinski definition) is 1. The molecule has 3 aromatic rings. The summed E-state index contributed by atoms with van der Waals surface area (Å²) in [4.78, 5) is 11.5. The predicted molar refractivity (Wildman–Crippen MR) is 115 cm³/mol. The Bertz CT molecular complexity index is 931. The molecular formula is C25H31N3O+2. The zero-order valence-corrected chi connectivity index (χ0v) is 17.6. The van der Waals surface area contributed by atoms with Crippen LogP contribution in [0.4, 0.5) is 0 Å². The van der Waals surface area contributed by atoms with Gasteiger partial charge in [0.05, 0.1) is 0 Å². The van der Waals surface area contributed by atoms with Gasteiger partial charge in [-0.25, -0.2) is 9.13 Å². The van der Waals surface area contributed by atoms with Gasteiger partial charge in [0.15, 0.2) is 31.3 Å². The molecule has 0 aliphatic heterocycles. The zero-order chi connectivity index (χ0) is 20.8. The second kappa shape index (κ2) is 9.46. The topological polar surface area (TPSA) is 50.9 Å². The minimum atomic E-state index is -0.194. The molecule has 0 fully saturated rings. The number of nitrogens with zero attached hydrogens (tertiary/aromatic N) is 2. The van der Waals surface area contributed by atoms with E-state index in [0.717, 1.165) is 19.4 Å². The standard InChI is InChI=1S/C25H30N3O/c1-4-21(25(26)29)17-19(2)22-7-5-20(6-8-22)18-28-15-11-24(12-16-28)23-9-13-27(3)14-10-23/h5-16,19,21H,4,17-18H2,1-3H3,(H-,26,29)/q+1/p+1. The van der Waals surface area contributed by atoms with Crippen LogP contribution in [0.15, 0.2) is 73.3 Å². The Morgan fingerprint density at radius 2 is 1.48 bits per heavy atom. The van der Waals surface area contributed by atoms with Crippen molar-refractivity contribution in [1.82, 2.24) is 0 Å². The van der Waals surface area contributed by atoms with Crippen molar-refractivity contribution < 1.29 is 13.9 Å². The summed E-state index contributed by atoms with van der Waals surface area (Å²) in [6, 6.07) is 17.3. The third-order valence-electron chi connectivity index (χ3n) is 5.65. The summed E-state index contributed by atoms with van der Waals surface area (Å²) in [5, 5.41) is 0. The normalized spacial score (nSPS) is 13.1. The van der Waals surface area contributed by atoms with Crippen molar-refractivity contribution >= 4 is 5.91 Å². The first kappa shape index (κ1) is 20.7. The Morgan fingerprint density at radius 3 is 2.00 bits per heavy atom. The fourth-order valence-corrected chi connectivity index (χ4v) is 3.66. The largest absolute Gasteiger partial charge is 0.369 e. The van der Waals surface area contributed by atoms with Crippen molar-refractivity contribution in [3.8, 4) is 11.1 Å². The first-order chi connectivity index (χ1) is 14.0. The molecule has 2 unspecified atom stereocenters. The van der Waals surface area contributed by atoms with Crippen molar-refractivity contribution in [1.29, 1.82) is 0 Å². The van der Waals surface area contributed by atoms with Crippen LogP contribution in [0, 0.1) is 5.92 Å². The number of aryl methyl sites for hydroxylation is 1. The van der Waals surface area contributed by atoms with E-state index in [-0.39, 0.29) is 11.8 Å². The first-order valence-corrected chi connectivity index (χ1v) is 10.3. The molecule has 2 N–H and O–H groups in total. The van der Waals surface area contributed by atoms with E-state index in [2.05, 4.69) is 84.8 Å². The molecule has 1 aromatic carbocycles. The minimum absolute atomic E-state index is 0.0501. The molecule has 0 saturated carbocycles. The average Bonchev–Trinajstić information content (AvgIpc) is 2.73. The maximum Gasteiger partial charge on any atom is 0.220 e. The first-order valence-electron chi connectivity index (χ1n) is 10.3. The van der Waals surface area contributed by atoms with Crippen molar-refractivity contribution in [3.05, 3.63) is 84.4 Å². The number of aromatic nitrogens is 2. The van der Waals surface area contributed by atoms with Crippen LogP contribution in [0.5, 0.6) is 0 Å². The molecule has 0 radical (unpaired) electrons. The molecule has 4 nitrogen and oxygen atoms in total. The van der Waals surface area contributed by atoms with Gasteiger partial charge in [0.2, 0.25) is 5.91 Å². The van der Waals surface area contributed by atoms with Crippen LogP contribution >= 0.6 is 0 Å². The van der Waals surface area contributed by atoms with Gasteiger partial charge in [-0.05, 0) is 35.4 Å². The summed E-state index contributed by atoms with van der Waals surface area (Å²) in [6.45, 7) is 5.01. The Morgan fingerprint density at radius 1 is 0.931 bits per heavy atom. The van der Waals surface area contributed by atoms with E-state index in [9.17, 15) is 4.79 Å². The summed E-state index contributed by atoms with van der Waals surface area (Å²) in [7, 11) is 2.02. The number of hydrogen-bond donors (Lipinski definition) is 1. The molecular weight excluding hydrogens is 358 g/mol. The number of carbonyl (C=O) groups excluding carboxylic acids is 1. The Labute approximate surface area is 173 Å². The average molecular weight is 390 g/mol. The van der Waals surface area contributed by atoms with E-state index in [4.69, 9.17) is 5.73 Å². The molecule has 3 rings (SSSR count). The quantitative estimate of drug-likeness (QED) is 0.589. The summed E-state index contributed by atoms with van der Waals surface area (Å²) >= 11 is 0. The summed E-state index contributed by atoms with van der Waals surface area (Å²) in [5.74, 6) is 0.0761. The molecule has 2 atom stereocenters. The van der Waals surface area contributed by atoms with E-state index in [0.29, 0.717) is 5.92 Å².